The molecule has 17 heavy (non-hydrogen) atoms. The van der Waals surface area contributed by atoms with E-state index in [1.807, 2.05) is 25.1 Å². The Kier molecular flexibility index (Phi) is 4.96. The van der Waals surface area contributed by atoms with E-state index in [1.165, 1.54) is 4.90 Å². The highest BCUT2D eigenvalue weighted by Gasteiger charge is 2.22. The summed E-state index contributed by atoms with van der Waals surface area (Å²) >= 11 is 0. The molecule has 0 aromatic carbocycles. The lowest BCUT2D eigenvalue weighted by Gasteiger charge is -2.32. The lowest BCUT2D eigenvalue weighted by atomic mass is 10.3. The van der Waals surface area contributed by atoms with Crippen LogP contribution in [0.5, 0.6) is 0 Å². The molecule has 0 saturated carbocycles. The van der Waals surface area contributed by atoms with Crippen LogP contribution < -0.4 is 0 Å². The van der Waals surface area contributed by atoms with Gasteiger partial charge in [0.15, 0.2) is 0 Å². The Morgan fingerprint density at radius 1 is 1.18 bits per heavy atom. The van der Waals surface area contributed by atoms with Gasteiger partial charge >= 0.3 is 6.09 Å². The number of piperazine rings is 1. The first-order valence-corrected chi connectivity index (χ1v) is 5.58. The molecule has 2 amide bonds. The largest absolute Gasteiger partial charge is 0.465 e. The highest BCUT2D eigenvalue weighted by Crippen LogP contribution is 2.02. The maximum absolute atomic E-state index is 11.7. The molecule has 1 rings (SSSR count). The normalized spacial score (nSPS) is 16.9. The average molecular weight is 241 g/mol. The topological polar surface area (TPSA) is 64.1 Å². The monoisotopic (exact) mass is 241 g/mol. The van der Waals surface area contributed by atoms with E-state index in [9.17, 15) is 9.59 Å². The summed E-state index contributed by atoms with van der Waals surface area (Å²) in [6.07, 6.45) is 2.45. The number of hydrogen-bond acceptors (Lipinski definition) is 3. The third-order valence-electron chi connectivity index (χ3n) is 2.59. The van der Waals surface area contributed by atoms with Crippen molar-refractivity contribution in [3.63, 3.8) is 0 Å². The molecular weight excluding hydrogens is 222 g/mol. The van der Waals surface area contributed by atoms with Gasteiger partial charge in [-0.15, -0.1) is 0 Å². The van der Waals surface area contributed by atoms with Gasteiger partial charge in [-0.1, -0.05) is 6.08 Å². The predicted molar refractivity (Wildman–Crippen MR) is 63.9 cm³/mol. The highest BCUT2D eigenvalue weighted by molar-refractivity contribution is 5.87. The van der Waals surface area contributed by atoms with E-state index in [0.717, 1.165) is 6.54 Å². The van der Waals surface area contributed by atoms with Gasteiger partial charge in [0.2, 0.25) is 5.91 Å². The SMILES string of the molecule is CN(C)CC=CC(=O)N1CCN(C(=O)O)CC1. The molecule has 0 aliphatic carbocycles. The first-order chi connectivity index (χ1) is 8.00. The molecule has 0 radical (unpaired) electrons. The molecule has 6 nitrogen and oxygen atoms in total. The molecular formula is C11H19N3O3. The van der Waals surface area contributed by atoms with Crippen molar-refractivity contribution in [2.75, 3.05) is 46.8 Å². The predicted octanol–water partition coefficient (Wildman–Crippen LogP) is -0.0736. The molecule has 6 heteroatoms. The van der Waals surface area contributed by atoms with Crippen molar-refractivity contribution < 1.29 is 14.7 Å². The minimum atomic E-state index is -0.916. The van der Waals surface area contributed by atoms with E-state index in [0.29, 0.717) is 26.2 Å². The van der Waals surface area contributed by atoms with E-state index in [4.69, 9.17) is 5.11 Å². The minimum absolute atomic E-state index is 0.0445. The molecule has 0 unspecified atom stereocenters. The van der Waals surface area contributed by atoms with Gasteiger partial charge in [-0.3, -0.25) is 4.79 Å². The van der Waals surface area contributed by atoms with Crippen LogP contribution in [0.1, 0.15) is 0 Å². The number of hydrogen-bond donors (Lipinski definition) is 1. The van der Waals surface area contributed by atoms with Crippen LogP contribution in [0.15, 0.2) is 12.2 Å². The zero-order valence-electron chi connectivity index (χ0n) is 10.3. The molecule has 1 N–H and O–H groups in total. The van der Waals surface area contributed by atoms with Crippen LogP contribution in [-0.2, 0) is 4.79 Å². The van der Waals surface area contributed by atoms with Crippen LogP contribution in [0, 0.1) is 0 Å². The molecule has 1 aliphatic rings. The number of carboxylic acid groups (broad SMARTS) is 1. The Balaban J connectivity index is 2.35. The molecule has 0 atom stereocenters. The van der Waals surface area contributed by atoms with Crippen molar-refractivity contribution in [2.45, 2.75) is 0 Å². The van der Waals surface area contributed by atoms with Gasteiger partial charge in [-0.25, -0.2) is 4.79 Å². The Hall–Kier alpha value is -1.56. The number of rotatable bonds is 3. The molecule has 0 bridgehead atoms. The van der Waals surface area contributed by atoms with Crippen LogP contribution in [-0.4, -0.2) is 78.6 Å². The fraction of sp³-hybridized carbons (Fsp3) is 0.636. The van der Waals surface area contributed by atoms with Gasteiger partial charge in [0.05, 0.1) is 0 Å². The van der Waals surface area contributed by atoms with Crippen molar-refractivity contribution >= 4 is 12.0 Å². The van der Waals surface area contributed by atoms with Crippen LogP contribution in [0.25, 0.3) is 0 Å². The Labute approximate surface area is 101 Å². The van der Waals surface area contributed by atoms with Crippen LogP contribution >= 0.6 is 0 Å². The summed E-state index contributed by atoms with van der Waals surface area (Å²) in [7, 11) is 3.86. The van der Waals surface area contributed by atoms with Gasteiger partial charge in [-0.05, 0) is 14.1 Å². The van der Waals surface area contributed by atoms with E-state index in [1.54, 1.807) is 11.0 Å². The summed E-state index contributed by atoms with van der Waals surface area (Å²) < 4.78 is 0. The van der Waals surface area contributed by atoms with Gasteiger partial charge < -0.3 is 19.8 Å². The van der Waals surface area contributed by atoms with Gasteiger partial charge in [0.25, 0.3) is 0 Å². The molecule has 0 aromatic rings. The Morgan fingerprint density at radius 2 is 1.71 bits per heavy atom. The summed E-state index contributed by atoms with van der Waals surface area (Å²) in [5, 5.41) is 8.77. The maximum Gasteiger partial charge on any atom is 0.407 e. The van der Waals surface area contributed by atoms with Crippen molar-refractivity contribution in [1.29, 1.82) is 0 Å². The number of likely N-dealkylation sites (N-methyl/N-ethyl adjacent to an activating group) is 1. The first kappa shape index (κ1) is 13.5. The lowest BCUT2D eigenvalue weighted by molar-refractivity contribution is -0.127. The lowest BCUT2D eigenvalue weighted by Crippen LogP contribution is -2.49. The van der Waals surface area contributed by atoms with Crippen molar-refractivity contribution in [3.8, 4) is 0 Å². The van der Waals surface area contributed by atoms with Crippen molar-refractivity contribution in [3.05, 3.63) is 12.2 Å². The number of amides is 2. The minimum Gasteiger partial charge on any atom is -0.465 e. The number of nitrogens with zero attached hydrogens (tertiary/aromatic N) is 3. The standard InChI is InChI=1S/C11H19N3O3/c1-12(2)5-3-4-10(15)13-6-8-14(9-7-13)11(16)17/h3-4H,5-9H2,1-2H3,(H,16,17). The fourth-order valence-corrected chi connectivity index (χ4v) is 1.59. The summed E-state index contributed by atoms with van der Waals surface area (Å²) in [6, 6.07) is 0. The van der Waals surface area contributed by atoms with E-state index >= 15 is 0 Å². The van der Waals surface area contributed by atoms with Crippen LogP contribution in [0.2, 0.25) is 0 Å². The third-order valence-corrected chi connectivity index (χ3v) is 2.59. The maximum atomic E-state index is 11.7. The van der Waals surface area contributed by atoms with Gasteiger partial charge in [0.1, 0.15) is 0 Å². The average Bonchev–Trinajstić information content (AvgIpc) is 2.28. The first-order valence-electron chi connectivity index (χ1n) is 5.58. The molecule has 1 heterocycles. The summed E-state index contributed by atoms with van der Waals surface area (Å²) in [6.45, 7) is 2.45. The van der Waals surface area contributed by atoms with Gasteiger partial charge in [0, 0.05) is 38.8 Å². The van der Waals surface area contributed by atoms with E-state index < -0.39 is 6.09 Å². The van der Waals surface area contributed by atoms with Crippen LogP contribution in [0.3, 0.4) is 0 Å². The smallest absolute Gasteiger partial charge is 0.407 e. The molecule has 1 fully saturated rings. The van der Waals surface area contributed by atoms with Crippen LogP contribution in [0.4, 0.5) is 4.79 Å². The van der Waals surface area contributed by atoms with Crippen molar-refractivity contribution in [1.82, 2.24) is 14.7 Å². The second-order valence-electron chi connectivity index (χ2n) is 4.26. The van der Waals surface area contributed by atoms with Crippen molar-refractivity contribution in [2.24, 2.45) is 0 Å². The fourth-order valence-electron chi connectivity index (χ4n) is 1.59. The molecule has 0 spiro atoms. The highest BCUT2D eigenvalue weighted by atomic mass is 16.4. The number of carbonyl (C=O) groups is 2. The summed E-state index contributed by atoms with van der Waals surface area (Å²) in [4.78, 5) is 27.4. The van der Waals surface area contributed by atoms with E-state index in [2.05, 4.69) is 0 Å². The second-order valence-corrected chi connectivity index (χ2v) is 4.26. The quantitative estimate of drug-likeness (QED) is 0.702. The Morgan fingerprint density at radius 3 is 2.18 bits per heavy atom. The van der Waals surface area contributed by atoms with E-state index in [-0.39, 0.29) is 5.91 Å². The third kappa shape index (κ3) is 4.44. The summed E-state index contributed by atoms with van der Waals surface area (Å²) in [5.74, 6) is -0.0445. The Bertz CT molecular complexity index is 307. The zero-order valence-corrected chi connectivity index (χ0v) is 10.3. The van der Waals surface area contributed by atoms with Gasteiger partial charge in [-0.2, -0.15) is 0 Å². The second kappa shape index (κ2) is 6.24. The molecule has 1 aliphatic heterocycles. The molecule has 0 aromatic heterocycles. The molecule has 1 saturated heterocycles. The number of carbonyl (C=O) groups excluding carboxylic acids is 1. The molecule has 96 valence electrons. The summed E-state index contributed by atoms with van der Waals surface area (Å²) in [5.41, 5.74) is 0. The zero-order chi connectivity index (χ0) is 12.8.